The van der Waals surface area contributed by atoms with Crippen LogP contribution in [-0.2, 0) is 16.4 Å². The molecule has 1 N–H and O–H groups in total. The number of rotatable bonds is 5. The largest absolute Gasteiger partial charge is 0.396 e. The van der Waals surface area contributed by atoms with Crippen molar-refractivity contribution in [3.63, 3.8) is 0 Å². The molecule has 0 bridgehead atoms. The highest BCUT2D eigenvalue weighted by molar-refractivity contribution is 7.89. The van der Waals surface area contributed by atoms with Crippen LogP contribution in [-0.4, -0.2) is 37.5 Å². The number of piperidine rings is 1. The molecule has 0 amide bonds. The molecular weight excluding hydrogens is 274 g/mol. The van der Waals surface area contributed by atoms with Gasteiger partial charge in [-0.05, 0) is 42.9 Å². The number of hydrogen-bond donors (Lipinski definition) is 1. The van der Waals surface area contributed by atoms with Gasteiger partial charge < -0.3 is 5.11 Å². The Labute approximate surface area is 121 Å². The van der Waals surface area contributed by atoms with Gasteiger partial charge in [0.1, 0.15) is 0 Å². The first-order valence-corrected chi connectivity index (χ1v) is 8.72. The number of aliphatic hydroxyl groups excluding tert-OH is 1. The first-order chi connectivity index (χ1) is 9.57. The third-order valence-corrected chi connectivity index (χ3v) is 5.72. The zero-order chi connectivity index (χ0) is 14.6. The fourth-order valence-electron chi connectivity index (χ4n) is 2.66. The van der Waals surface area contributed by atoms with Crippen LogP contribution in [0.3, 0.4) is 0 Å². The van der Waals surface area contributed by atoms with Crippen LogP contribution < -0.4 is 0 Å². The van der Waals surface area contributed by atoms with Gasteiger partial charge in [-0.1, -0.05) is 25.5 Å². The van der Waals surface area contributed by atoms with E-state index < -0.39 is 10.0 Å². The summed E-state index contributed by atoms with van der Waals surface area (Å²) in [6.45, 7) is 3.14. The summed E-state index contributed by atoms with van der Waals surface area (Å²) in [5.74, 6) is 0.0675. The van der Waals surface area contributed by atoms with E-state index in [1.165, 1.54) is 9.87 Å². The van der Waals surface area contributed by atoms with E-state index >= 15 is 0 Å². The predicted molar refractivity (Wildman–Crippen MR) is 79.0 cm³/mol. The molecule has 1 aromatic rings. The lowest BCUT2D eigenvalue weighted by atomic mass is 10.0. The molecule has 0 aromatic heterocycles. The molecule has 1 atom stereocenters. The molecule has 1 saturated heterocycles. The van der Waals surface area contributed by atoms with Gasteiger partial charge in [-0.2, -0.15) is 4.31 Å². The first kappa shape index (κ1) is 15.5. The smallest absolute Gasteiger partial charge is 0.243 e. The van der Waals surface area contributed by atoms with E-state index in [1.807, 2.05) is 12.1 Å². The molecule has 1 heterocycles. The fraction of sp³-hybridized carbons (Fsp3) is 0.600. The Morgan fingerprint density at radius 2 is 2.00 bits per heavy atom. The van der Waals surface area contributed by atoms with Gasteiger partial charge in [-0.25, -0.2) is 8.42 Å². The Bertz CT molecular complexity index is 525. The van der Waals surface area contributed by atoms with Crippen molar-refractivity contribution in [2.24, 2.45) is 5.92 Å². The molecule has 2 rings (SSSR count). The summed E-state index contributed by atoms with van der Waals surface area (Å²) in [5, 5.41) is 9.22. The lowest BCUT2D eigenvalue weighted by Gasteiger charge is -2.30. The SMILES string of the molecule is CCCc1ccc(S(=O)(=O)N2CCCC(CO)C2)cc1. The minimum absolute atomic E-state index is 0.0570. The Hall–Kier alpha value is -0.910. The quantitative estimate of drug-likeness (QED) is 0.904. The van der Waals surface area contributed by atoms with Crippen LogP contribution in [0.25, 0.3) is 0 Å². The van der Waals surface area contributed by atoms with Crippen molar-refractivity contribution in [3.8, 4) is 0 Å². The summed E-state index contributed by atoms with van der Waals surface area (Å²) in [6, 6.07) is 7.18. The molecule has 0 aliphatic carbocycles. The lowest BCUT2D eigenvalue weighted by molar-refractivity contribution is 0.165. The number of nitrogens with zero attached hydrogens (tertiary/aromatic N) is 1. The highest BCUT2D eigenvalue weighted by atomic mass is 32.2. The van der Waals surface area contributed by atoms with Crippen molar-refractivity contribution in [1.82, 2.24) is 4.31 Å². The topological polar surface area (TPSA) is 57.6 Å². The van der Waals surface area contributed by atoms with E-state index in [9.17, 15) is 13.5 Å². The molecule has 0 radical (unpaired) electrons. The van der Waals surface area contributed by atoms with Gasteiger partial charge in [0.05, 0.1) is 4.90 Å². The predicted octanol–water partition coefficient (Wildman–Crippen LogP) is 2.03. The second-order valence-electron chi connectivity index (χ2n) is 5.45. The average molecular weight is 297 g/mol. The van der Waals surface area contributed by atoms with Gasteiger partial charge in [-0.3, -0.25) is 0 Å². The zero-order valence-corrected chi connectivity index (χ0v) is 12.8. The fourth-order valence-corrected chi connectivity index (χ4v) is 4.21. The van der Waals surface area contributed by atoms with Gasteiger partial charge in [-0.15, -0.1) is 0 Å². The molecule has 20 heavy (non-hydrogen) atoms. The summed E-state index contributed by atoms with van der Waals surface area (Å²) in [7, 11) is -3.41. The number of aryl methyl sites for hydroxylation is 1. The molecule has 112 valence electrons. The molecule has 5 heteroatoms. The molecule has 4 nitrogen and oxygen atoms in total. The summed E-state index contributed by atoms with van der Waals surface area (Å²) < 4.78 is 26.6. The van der Waals surface area contributed by atoms with Crippen LogP contribution in [0.15, 0.2) is 29.2 Å². The summed E-state index contributed by atoms with van der Waals surface area (Å²) in [6.07, 6.45) is 3.74. The second-order valence-corrected chi connectivity index (χ2v) is 7.39. The molecule has 1 aliphatic rings. The Morgan fingerprint density at radius 3 is 2.60 bits per heavy atom. The van der Waals surface area contributed by atoms with Gasteiger partial charge in [0.2, 0.25) is 10.0 Å². The maximum Gasteiger partial charge on any atom is 0.243 e. The van der Waals surface area contributed by atoms with Crippen molar-refractivity contribution in [1.29, 1.82) is 0 Å². The Balaban J connectivity index is 2.16. The molecule has 1 aliphatic heterocycles. The van der Waals surface area contributed by atoms with E-state index in [1.54, 1.807) is 12.1 Å². The van der Waals surface area contributed by atoms with Crippen molar-refractivity contribution in [2.45, 2.75) is 37.5 Å². The standard InChI is InChI=1S/C15H23NO3S/c1-2-4-13-6-8-15(9-7-13)20(18,19)16-10-3-5-14(11-16)12-17/h6-9,14,17H,2-5,10-12H2,1H3. The molecule has 0 saturated carbocycles. The number of benzene rings is 1. The monoisotopic (exact) mass is 297 g/mol. The van der Waals surface area contributed by atoms with Crippen LogP contribution in [0.4, 0.5) is 0 Å². The highest BCUT2D eigenvalue weighted by Gasteiger charge is 2.29. The molecule has 0 spiro atoms. The summed E-state index contributed by atoms with van der Waals surface area (Å²) in [4.78, 5) is 0.357. The van der Waals surface area contributed by atoms with Gasteiger partial charge in [0, 0.05) is 19.7 Å². The van der Waals surface area contributed by atoms with Crippen LogP contribution >= 0.6 is 0 Å². The number of sulfonamides is 1. The van der Waals surface area contributed by atoms with Crippen molar-refractivity contribution < 1.29 is 13.5 Å². The summed E-state index contributed by atoms with van der Waals surface area (Å²) >= 11 is 0. The van der Waals surface area contributed by atoms with Gasteiger partial charge in [0.25, 0.3) is 0 Å². The summed E-state index contributed by atoms with van der Waals surface area (Å²) in [5.41, 5.74) is 1.17. The maximum atomic E-state index is 12.6. The average Bonchev–Trinajstić information content (AvgIpc) is 2.48. The van der Waals surface area contributed by atoms with Crippen LogP contribution in [0.1, 0.15) is 31.7 Å². The highest BCUT2D eigenvalue weighted by Crippen LogP contribution is 2.23. The van der Waals surface area contributed by atoms with E-state index in [2.05, 4.69) is 6.92 Å². The molecule has 1 aromatic carbocycles. The van der Waals surface area contributed by atoms with Crippen molar-refractivity contribution >= 4 is 10.0 Å². The molecule has 1 unspecified atom stereocenters. The van der Waals surface area contributed by atoms with Crippen molar-refractivity contribution in [3.05, 3.63) is 29.8 Å². The van der Waals surface area contributed by atoms with E-state index in [0.717, 1.165) is 25.7 Å². The van der Waals surface area contributed by atoms with E-state index in [4.69, 9.17) is 0 Å². The number of aliphatic hydroxyl groups is 1. The zero-order valence-electron chi connectivity index (χ0n) is 12.0. The van der Waals surface area contributed by atoms with Crippen LogP contribution in [0, 0.1) is 5.92 Å². The molecular formula is C15H23NO3S. The lowest BCUT2D eigenvalue weighted by Crippen LogP contribution is -2.40. The minimum atomic E-state index is -3.41. The second kappa shape index (κ2) is 6.70. The van der Waals surface area contributed by atoms with E-state index in [0.29, 0.717) is 18.0 Å². The Morgan fingerprint density at radius 1 is 1.30 bits per heavy atom. The van der Waals surface area contributed by atoms with Gasteiger partial charge >= 0.3 is 0 Å². The maximum absolute atomic E-state index is 12.6. The third kappa shape index (κ3) is 3.40. The van der Waals surface area contributed by atoms with E-state index in [-0.39, 0.29) is 12.5 Å². The minimum Gasteiger partial charge on any atom is -0.396 e. The third-order valence-electron chi connectivity index (χ3n) is 3.84. The molecule has 1 fully saturated rings. The number of hydrogen-bond acceptors (Lipinski definition) is 3. The van der Waals surface area contributed by atoms with Crippen LogP contribution in [0.2, 0.25) is 0 Å². The van der Waals surface area contributed by atoms with Crippen LogP contribution in [0.5, 0.6) is 0 Å². The Kier molecular flexibility index (Phi) is 5.18. The normalized spacial score (nSPS) is 21.0. The first-order valence-electron chi connectivity index (χ1n) is 7.28. The van der Waals surface area contributed by atoms with Crippen molar-refractivity contribution in [2.75, 3.05) is 19.7 Å². The van der Waals surface area contributed by atoms with Gasteiger partial charge in [0.15, 0.2) is 0 Å².